The van der Waals surface area contributed by atoms with E-state index in [9.17, 15) is 4.79 Å². The molecule has 0 aliphatic heterocycles. The normalized spacial score (nSPS) is 19.3. The highest BCUT2D eigenvalue weighted by molar-refractivity contribution is 8.00. The number of para-hydroxylation sites is 1. The summed E-state index contributed by atoms with van der Waals surface area (Å²) in [7, 11) is 1.42. The molecule has 1 fully saturated rings. The first-order chi connectivity index (χ1) is 13.7. The molecule has 5 heteroatoms. The second kappa shape index (κ2) is 8.65. The Morgan fingerprint density at radius 3 is 2.64 bits per heavy atom. The monoisotopic (exact) mass is 392 g/mol. The van der Waals surface area contributed by atoms with Gasteiger partial charge in [-0.2, -0.15) is 0 Å². The number of thioether (sulfide) groups is 1. The van der Waals surface area contributed by atoms with Crippen molar-refractivity contribution in [1.82, 2.24) is 10.3 Å². The van der Waals surface area contributed by atoms with Crippen molar-refractivity contribution in [3.63, 3.8) is 0 Å². The van der Waals surface area contributed by atoms with Crippen molar-refractivity contribution in [3.05, 3.63) is 60.7 Å². The minimum atomic E-state index is -0.354. The van der Waals surface area contributed by atoms with E-state index >= 15 is 0 Å². The number of carbonyl (C=O) groups is 1. The number of pyridine rings is 1. The molecule has 4 nitrogen and oxygen atoms in total. The lowest BCUT2D eigenvalue weighted by molar-refractivity contribution is 0.163. The molecule has 2 atom stereocenters. The zero-order chi connectivity index (χ0) is 19.3. The van der Waals surface area contributed by atoms with Gasteiger partial charge in [0.05, 0.1) is 12.6 Å². The van der Waals surface area contributed by atoms with Gasteiger partial charge >= 0.3 is 6.09 Å². The Labute approximate surface area is 169 Å². The molecule has 2 aromatic carbocycles. The zero-order valence-electron chi connectivity index (χ0n) is 15.9. The molecule has 1 aliphatic carbocycles. The molecule has 1 aliphatic rings. The number of rotatable bonds is 4. The van der Waals surface area contributed by atoms with Gasteiger partial charge in [0, 0.05) is 22.2 Å². The Morgan fingerprint density at radius 2 is 1.82 bits per heavy atom. The van der Waals surface area contributed by atoms with Gasteiger partial charge in [0.2, 0.25) is 0 Å². The largest absolute Gasteiger partial charge is 0.453 e. The van der Waals surface area contributed by atoms with Crippen LogP contribution in [-0.4, -0.2) is 29.5 Å². The summed E-state index contributed by atoms with van der Waals surface area (Å²) >= 11 is 1.78. The molecule has 1 amide bonds. The Bertz CT molecular complexity index is 961. The number of fused-ring (bicyclic) bond motifs is 1. The van der Waals surface area contributed by atoms with Gasteiger partial charge in [0.1, 0.15) is 5.03 Å². The fourth-order valence-electron chi connectivity index (χ4n) is 3.77. The van der Waals surface area contributed by atoms with E-state index in [1.54, 1.807) is 11.8 Å². The fourth-order valence-corrected chi connectivity index (χ4v) is 5.16. The number of benzene rings is 2. The highest BCUT2D eigenvalue weighted by Gasteiger charge is 2.29. The molecule has 0 spiro atoms. The predicted molar refractivity (Wildman–Crippen MR) is 115 cm³/mol. The van der Waals surface area contributed by atoms with E-state index in [-0.39, 0.29) is 17.4 Å². The summed E-state index contributed by atoms with van der Waals surface area (Å²) < 4.78 is 4.83. The number of aromatic nitrogens is 1. The molecule has 28 heavy (non-hydrogen) atoms. The average molecular weight is 393 g/mol. The summed E-state index contributed by atoms with van der Waals surface area (Å²) in [6.07, 6.45) is 3.98. The molecular formula is C23H24N2O2S. The first-order valence-corrected chi connectivity index (χ1v) is 10.6. The average Bonchev–Trinajstić information content (AvgIpc) is 2.75. The van der Waals surface area contributed by atoms with E-state index < -0.39 is 0 Å². The number of alkyl carbamates (subject to hydrolysis) is 1. The van der Waals surface area contributed by atoms with Crippen LogP contribution in [0.25, 0.3) is 22.0 Å². The van der Waals surface area contributed by atoms with E-state index in [0.717, 1.165) is 46.3 Å². The van der Waals surface area contributed by atoms with Gasteiger partial charge in [-0.05, 0) is 30.5 Å². The van der Waals surface area contributed by atoms with Gasteiger partial charge in [0.15, 0.2) is 0 Å². The van der Waals surface area contributed by atoms with Crippen LogP contribution in [0.4, 0.5) is 4.79 Å². The molecule has 1 saturated carbocycles. The van der Waals surface area contributed by atoms with Crippen molar-refractivity contribution in [3.8, 4) is 11.1 Å². The Balaban J connectivity index is 1.71. The van der Waals surface area contributed by atoms with E-state index in [1.807, 2.05) is 18.2 Å². The standard InChI is InChI=1S/C23H24N2O2S/c1-27-23(26)25-20-13-7-8-14-21(20)28-22-18(16-9-3-2-4-10-16)15-17-11-5-6-12-19(17)24-22/h2-6,9-12,15,20-21H,7-8,13-14H2,1H3,(H,25,26). The molecule has 4 rings (SSSR count). The molecule has 3 aromatic rings. The lowest BCUT2D eigenvalue weighted by Gasteiger charge is -2.31. The third kappa shape index (κ3) is 4.14. The Hall–Kier alpha value is -2.53. The number of carbonyl (C=O) groups excluding carboxylic acids is 1. The minimum absolute atomic E-state index is 0.100. The van der Waals surface area contributed by atoms with Crippen LogP contribution in [0.3, 0.4) is 0 Å². The van der Waals surface area contributed by atoms with Crippen LogP contribution in [0, 0.1) is 0 Å². The Kier molecular flexibility index (Phi) is 5.81. The third-order valence-electron chi connectivity index (χ3n) is 5.23. The van der Waals surface area contributed by atoms with Gasteiger partial charge in [-0.15, -0.1) is 11.8 Å². The maximum Gasteiger partial charge on any atom is 0.407 e. The predicted octanol–water partition coefficient (Wildman–Crippen LogP) is 5.66. The molecule has 144 valence electrons. The summed E-state index contributed by atoms with van der Waals surface area (Å²) in [6.45, 7) is 0. The van der Waals surface area contributed by atoms with Crippen molar-refractivity contribution in [1.29, 1.82) is 0 Å². The number of hydrogen-bond acceptors (Lipinski definition) is 4. The third-order valence-corrected chi connectivity index (χ3v) is 6.63. The number of amides is 1. The summed E-state index contributed by atoms with van der Waals surface area (Å²) in [6, 6.07) is 20.9. The van der Waals surface area contributed by atoms with Crippen LogP contribution in [0.2, 0.25) is 0 Å². The van der Waals surface area contributed by atoms with Crippen molar-refractivity contribution >= 4 is 28.8 Å². The van der Waals surface area contributed by atoms with Crippen LogP contribution < -0.4 is 5.32 Å². The summed E-state index contributed by atoms with van der Waals surface area (Å²) in [5.41, 5.74) is 3.31. The number of methoxy groups -OCH3 is 1. The number of nitrogens with one attached hydrogen (secondary N) is 1. The second-order valence-corrected chi connectivity index (χ2v) is 8.31. The molecule has 0 radical (unpaired) electrons. The Morgan fingerprint density at radius 1 is 1.07 bits per heavy atom. The van der Waals surface area contributed by atoms with Gasteiger partial charge in [0.25, 0.3) is 0 Å². The minimum Gasteiger partial charge on any atom is -0.453 e. The van der Waals surface area contributed by atoms with Crippen molar-refractivity contribution < 1.29 is 9.53 Å². The fraction of sp³-hybridized carbons (Fsp3) is 0.304. The van der Waals surface area contributed by atoms with Gasteiger partial charge in [-0.3, -0.25) is 0 Å². The molecule has 0 bridgehead atoms. The van der Waals surface area contributed by atoms with Crippen molar-refractivity contribution in [2.75, 3.05) is 7.11 Å². The molecule has 1 aromatic heterocycles. The first kappa shape index (κ1) is 18.8. The van der Waals surface area contributed by atoms with Gasteiger partial charge in [-0.1, -0.05) is 61.4 Å². The molecule has 1 N–H and O–H groups in total. The summed E-state index contributed by atoms with van der Waals surface area (Å²) in [4.78, 5) is 16.8. The smallest absolute Gasteiger partial charge is 0.407 e. The summed E-state index contributed by atoms with van der Waals surface area (Å²) in [5, 5.41) is 5.47. The lowest BCUT2D eigenvalue weighted by atomic mass is 9.95. The van der Waals surface area contributed by atoms with E-state index in [2.05, 4.69) is 47.8 Å². The van der Waals surface area contributed by atoms with Crippen LogP contribution >= 0.6 is 11.8 Å². The molecule has 0 saturated heterocycles. The molecule has 2 unspecified atom stereocenters. The van der Waals surface area contributed by atoms with Crippen molar-refractivity contribution in [2.45, 2.75) is 42.0 Å². The van der Waals surface area contributed by atoms with E-state index in [4.69, 9.17) is 9.72 Å². The van der Waals surface area contributed by atoms with Crippen LogP contribution in [0.1, 0.15) is 25.7 Å². The molecule has 1 heterocycles. The van der Waals surface area contributed by atoms with Crippen molar-refractivity contribution in [2.24, 2.45) is 0 Å². The van der Waals surface area contributed by atoms with E-state index in [1.165, 1.54) is 13.5 Å². The van der Waals surface area contributed by atoms with Crippen LogP contribution in [-0.2, 0) is 4.74 Å². The number of ether oxygens (including phenoxy) is 1. The van der Waals surface area contributed by atoms with Crippen LogP contribution in [0.5, 0.6) is 0 Å². The zero-order valence-corrected chi connectivity index (χ0v) is 16.7. The highest BCUT2D eigenvalue weighted by Crippen LogP contribution is 2.39. The number of hydrogen-bond donors (Lipinski definition) is 1. The maximum absolute atomic E-state index is 11.8. The SMILES string of the molecule is COC(=O)NC1CCCCC1Sc1nc2ccccc2cc1-c1ccccc1. The van der Waals surface area contributed by atoms with E-state index in [0.29, 0.717) is 0 Å². The first-order valence-electron chi connectivity index (χ1n) is 9.71. The maximum atomic E-state index is 11.8. The van der Waals surface area contributed by atoms with Gasteiger partial charge < -0.3 is 10.1 Å². The summed E-state index contributed by atoms with van der Waals surface area (Å²) in [5.74, 6) is 0. The number of nitrogens with zero attached hydrogens (tertiary/aromatic N) is 1. The van der Waals surface area contributed by atoms with Crippen LogP contribution in [0.15, 0.2) is 65.7 Å². The highest BCUT2D eigenvalue weighted by atomic mass is 32.2. The second-order valence-electron chi connectivity index (χ2n) is 7.08. The lowest BCUT2D eigenvalue weighted by Crippen LogP contribution is -2.43. The topological polar surface area (TPSA) is 51.2 Å². The van der Waals surface area contributed by atoms with Gasteiger partial charge in [-0.25, -0.2) is 9.78 Å². The quantitative estimate of drug-likeness (QED) is 0.622. The molecular weight excluding hydrogens is 368 g/mol.